The molecule has 7 heavy (non-hydrogen) atoms. The molecule has 0 aromatic heterocycles. The lowest BCUT2D eigenvalue weighted by molar-refractivity contribution is -0.115. The average Bonchev–Trinajstić information content (AvgIpc) is 1.68. The summed E-state index contributed by atoms with van der Waals surface area (Å²) in [7, 11) is 0. The fourth-order valence-corrected chi connectivity index (χ4v) is 0.206. The minimum atomic E-state index is -0.505. The van der Waals surface area contributed by atoms with Gasteiger partial charge in [0.2, 0.25) is 6.08 Å². The van der Waals surface area contributed by atoms with E-state index >= 15 is 0 Å². The van der Waals surface area contributed by atoms with Crippen molar-refractivity contribution < 1.29 is 9.59 Å². The Morgan fingerprint density at radius 1 is 1.86 bits per heavy atom. The van der Waals surface area contributed by atoms with Gasteiger partial charge >= 0.3 is 0 Å². The predicted molar refractivity (Wildman–Crippen MR) is 26.9 cm³/mol. The molecule has 4 heteroatoms. The molecule has 0 aliphatic heterocycles. The molecule has 0 spiro atoms. The first-order valence-electron chi connectivity index (χ1n) is 1.48. The minimum absolute atomic E-state index is 0.0856. The maximum absolute atomic E-state index is 9.94. The van der Waals surface area contributed by atoms with Crippen molar-refractivity contribution in [3.8, 4) is 0 Å². The summed E-state index contributed by atoms with van der Waals surface area (Å²) in [5.41, 5.74) is 0. The van der Waals surface area contributed by atoms with Gasteiger partial charge in [0.05, 0.1) is 5.33 Å². The zero-order chi connectivity index (χ0) is 5.70. The van der Waals surface area contributed by atoms with Crippen molar-refractivity contribution in [2.24, 2.45) is 4.99 Å². The molecule has 0 aromatic rings. The maximum Gasteiger partial charge on any atom is 0.267 e. The number of amides is 1. The third kappa shape index (κ3) is 3.36. The van der Waals surface area contributed by atoms with E-state index < -0.39 is 5.91 Å². The van der Waals surface area contributed by atoms with Gasteiger partial charge in [0, 0.05) is 0 Å². The van der Waals surface area contributed by atoms with E-state index in [4.69, 9.17) is 0 Å². The Balaban J connectivity index is 3.58. The lowest BCUT2D eigenvalue weighted by atomic mass is 10.8. The summed E-state index contributed by atoms with van der Waals surface area (Å²) >= 11 is 2.79. The smallest absolute Gasteiger partial charge is 0.267 e. The maximum atomic E-state index is 9.94. The van der Waals surface area contributed by atoms with E-state index in [1.165, 1.54) is 0 Å². The van der Waals surface area contributed by atoms with Gasteiger partial charge in [-0.25, -0.2) is 4.79 Å². The Morgan fingerprint density at radius 2 is 2.43 bits per heavy atom. The second-order valence-corrected chi connectivity index (χ2v) is 1.29. The Labute approximate surface area is 48.6 Å². The summed E-state index contributed by atoms with van der Waals surface area (Å²) in [6.45, 7) is 0. The number of halogens is 1. The summed E-state index contributed by atoms with van der Waals surface area (Å²) < 4.78 is 0. The van der Waals surface area contributed by atoms with Gasteiger partial charge in [-0.1, -0.05) is 15.9 Å². The molecule has 0 saturated carbocycles. The highest BCUT2D eigenvalue weighted by atomic mass is 79.9. The first-order valence-corrected chi connectivity index (χ1v) is 2.60. The summed E-state index contributed by atoms with van der Waals surface area (Å²) in [5, 5.41) is 0.0856. The van der Waals surface area contributed by atoms with Gasteiger partial charge in [0.15, 0.2) is 0 Å². The molecule has 0 bridgehead atoms. The number of aliphatic imine (C=N–C) groups is 1. The molecular weight excluding hydrogens is 162 g/mol. The number of nitrogens with zero attached hydrogens (tertiary/aromatic N) is 1. The standard InChI is InChI=1S/C3H2BrNO2/c4-1-3(7)5-2-6/h1H2. The van der Waals surface area contributed by atoms with Crippen molar-refractivity contribution in [2.45, 2.75) is 0 Å². The van der Waals surface area contributed by atoms with Crippen LogP contribution in [0.25, 0.3) is 0 Å². The van der Waals surface area contributed by atoms with E-state index in [0.717, 1.165) is 6.08 Å². The predicted octanol–water partition coefficient (Wildman–Crippen LogP) is 0.244. The number of hydrogen-bond acceptors (Lipinski definition) is 2. The third-order valence-electron chi connectivity index (χ3n) is 0.285. The molecule has 0 unspecified atom stereocenters. The van der Waals surface area contributed by atoms with E-state index in [9.17, 15) is 9.59 Å². The largest absolute Gasteiger partial charge is 0.271 e. The molecule has 0 N–H and O–H groups in total. The summed E-state index contributed by atoms with van der Waals surface area (Å²) in [5.74, 6) is -0.505. The molecule has 0 aromatic carbocycles. The van der Waals surface area contributed by atoms with Crippen LogP contribution in [0.5, 0.6) is 0 Å². The van der Waals surface area contributed by atoms with Crippen molar-refractivity contribution in [1.29, 1.82) is 0 Å². The zero-order valence-corrected chi connectivity index (χ0v) is 4.93. The number of isocyanates is 1. The summed E-state index contributed by atoms with van der Waals surface area (Å²) in [6, 6.07) is 0. The molecule has 38 valence electrons. The van der Waals surface area contributed by atoms with Gasteiger partial charge in [0.1, 0.15) is 0 Å². The monoisotopic (exact) mass is 163 g/mol. The van der Waals surface area contributed by atoms with E-state index in [-0.39, 0.29) is 5.33 Å². The Morgan fingerprint density at radius 3 is 2.57 bits per heavy atom. The fraction of sp³-hybridized carbons (Fsp3) is 0.333. The second-order valence-electron chi connectivity index (χ2n) is 0.730. The number of carbonyl (C=O) groups is 1. The fourth-order valence-electron chi connectivity index (χ4n) is 0.0808. The van der Waals surface area contributed by atoms with Gasteiger partial charge < -0.3 is 0 Å². The van der Waals surface area contributed by atoms with Crippen LogP contribution in [0.2, 0.25) is 0 Å². The zero-order valence-electron chi connectivity index (χ0n) is 3.35. The Hall–Kier alpha value is -0.470. The lowest BCUT2D eigenvalue weighted by Gasteiger charge is -1.71. The molecule has 0 aliphatic carbocycles. The van der Waals surface area contributed by atoms with Gasteiger partial charge in [0.25, 0.3) is 5.91 Å². The number of rotatable bonds is 1. The highest BCUT2D eigenvalue weighted by Crippen LogP contribution is 1.80. The molecule has 0 heterocycles. The van der Waals surface area contributed by atoms with Crippen LogP contribution in [0.3, 0.4) is 0 Å². The van der Waals surface area contributed by atoms with Gasteiger partial charge in [-0.2, -0.15) is 0 Å². The van der Waals surface area contributed by atoms with Crippen LogP contribution >= 0.6 is 15.9 Å². The molecule has 0 saturated heterocycles. The van der Waals surface area contributed by atoms with Crippen molar-refractivity contribution in [2.75, 3.05) is 5.33 Å². The van der Waals surface area contributed by atoms with Crippen LogP contribution < -0.4 is 0 Å². The van der Waals surface area contributed by atoms with Crippen LogP contribution in [-0.2, 0) is 9.59 Å². The van der Waals surface area contributed by atoms with E-state index in [1.54, 1.807) is 0 Å². The first-order chi connectivity index (χ1) is 3.31. The highest BCUT2D eigenvalue weighted by molar-refractivity contribution is 9.09. The first kappa shape index (κ1) is 6.53. The Kier molecular flexibility index (Phi) is 3.46. The molecule has 0 aliphatic rings. The van der Waals surface area contributed by atoms with Crippen molar-refractivity contribution in [1.82, 2.24) is 0 Å². The van der Waals surface area contributed by atoms with Crippen LogP contribution in [0, 0.1) is 0 Å². The van der Waals surface area contributed by atoms with Crippen molar-refractivity contribution in [3.63, 3.8) is 0 Å². The quantitative estimate of drug-likeness (QED) is 0.316. The average molecular weight is 164 g/mol. The summed E-state index contributed by atoms with van der Waals surface area (Å²) in [4.78, 5) is 21.9. The summed E-state index contributed by atoms with van der Waals surface area (Å²) in [6.07, 6.45) is 1.11. The Bertz CT molecular complexity index is 116. The normalized spacial score (nSPS) is 7.00. The van der Waals surface area contributed by atoms with Gasteiger partial charge in [-0.05, 0) is 0 Å². The van der Waals surface area contributed by atoms with Gasteiger partial charge in [-0.3, -0.25) is 4.79 Å². The van der Waals surface area contributed by atoms with Crippen LogP contribution in [-0.4, -0.2) is 17.3 Å². The van der Waals surface area contributed by atoms with Crippen molar-refractivity contribution in [3.05, 3.63) is 0 Å². The van der Waals surface area contributed by atoms with E-state index in [0.29, 0.717) is 0 Å². The molecule has 1 amide bonds. The third-order valence-corrected chi connectivity index (χ3v) is 0.764. The van der Waals surface area contributed by atoms with Crippen molar-refractivity contribution >= 4 is 27.9 Å². The van der Waals surface area contributed by atoms with Crippen LogP contribution in [0.1, 0.15) is 0 Å². The topological polar surface area (TPSA) is 46.5 Å². The lowest BCUT2D eigenvalue weighted by Crippen LogP contribution is -1.90. The SMILES string of the molecule is O=C=NC(=O)CBr. The minimum Gasteiger partial charge on any atom is -0.271 e. The molecule has 3 nitrogen and oxygen atoms in total. The number of hydrogen-bond donors (Lipinski definition) is 0. The molecule has 0 rings (SSSR count). The van der Waals surface area contributed by atoms with E-state index in [2.05, 4.69) is 20.9 Å². The molecule has 0 atom stereocenters. The number of carbonyl (C=O) groups excluding carboxylic acids is 2. The van der Waals surface area contributed by atoms with E-state index in [1.807, 2.05) is 0 Å². The molecule has 0 radical (unpaired) electrons. The van der Waals surface area contributed by atoms with Gasteiger partial charge in [-0.15, -0.1) is 4.99 Å². The van der Waals surface area contributed by atoms with Crippen LogP contribution in [0.15, 0.2) is 4.99 Å². The molecular formula is C3H2BrNO2. The number of alkyl halides is 1. The second kappa shape index (κ2) is 3.71. The van der Waals surface area contributed by atoms with Crippen LogP contribution in [0.4, 0.5) is 0 Å². The highest BCUT2D eigenvalue weighted by Gasteiger charge is 1.88. The molecule has 0 fully saturated rings.